The molecule has 1 fully saturated rings. The number of carbonyl (C=O) groups excluding carboxylic acids is 1. The van der Waals surface area contributed by atoms with Gasteiger partial charge in [0.2, 0.25) is 21.8 Å². The number of sulfonamides is 1. The van der Waals surface area contributed by atoms with Gasteiger partial charge >= 0.3 is 6.18 Å². The average Bonchev–Trinajstić information content (AvgIpc) is 3.19. The molecule has 1 saturated heterocycles. The summed E-state index contributed by atoms with van der Waals surface area (Å²) >= 11 is 0. The third-order valence-electron chi connectivity index (χ3n) is 6.02. The molecule has 4 rings (SSSR count). The summed E-state index contributed by atoms with van der Waals surface area (Å²) in [6.45, 7) is 0.823. The largest absolute Gasteiger partial charge is 0.451 e. The summed E-state index contributed by atoms with van der Waals surface area (Å²) in [5.41, 5.74) is -0.300. The van der Waals surface area contributed by atoms with Crippen molar-refractivity contribution in [2.24, 2.45) is 0 Å². The van der Waals surface area contributed by atoms with Crippen molar-refractivity contribution in [2.75, 3.05) is 0 Å². The van der Waals surface area contributed by atoms with Crippen molar-refractivity contribution < 1.29 is 43.9 Å². The molecular weight excluding hydrogens is 559 g/mol. The Morgan fingerprint density at radius 3 is 2.31 bits per heavy atom. The van der Waals surface area contributed by atoms with Crippen LogP contribution in [0.3, 0.4) is 0 Å². The number of amides is 1. The molecule has 0 aliphatic carbocycles. The molecule has 1 aromatic carbocycles. The first-order valence-electron chi connectivity index (χ1n) is 11.1. The Kier molecular flexibility index (Phi) is 7.62. The van der Waals surface area contributed by atoms with Gasteiger partial charge < -0.3 is 5.32 Å². The van der Waals surface area contributed by atoms with Crippen LogP contribution in [0.25, 0.3) is 11.1 Å². The van der Waals surface area contributed by atoms with Gasteiger partial charge in [0.15, 0.2) is 11.6 Å². The van der Waals surface area contributed by atoms with Gasteiger partial charge in [-0.3, -0.25) is 9.78 Å². The number of hydrogen-bond acceptors (Lipinski definition) is 6. The van der Waals surface area contributed by atoms with Crippen LogP contribution in [0.15, 0.2) is 47.8 Å². The van der Waals surface area contributed by atoms with Crippen LogP contribution in [0.4, 0.5) is 30.7 Å². The van der Waals surface area contributed by atoms with Gasteiger partial charge in [-0.1, -0.05) is 0 Å². The number of carbonyl (C=O) groups is 1. The number of hydrogen-bond donors (Lipinski definition) is 1. The van der Waals surface area contributed by atoms with Gasteiger partial charge in [0, 0.05) is 29.9 Å². The molecule has 1 aliphatic rings. The maximum Gasteiger partial charge on any atom is 0.451 e. The Bertz CT molecular complexity index is 1500. The summed E-state index contributed by atoms with van der Waals surface area (Å²) in [4.78, 5) is 22.4. The highest BCUT2D eigenvalue weighted by atomic mass is 32.2. The molecule has 1 N–H and O–H groups in total. The van der Waals surface area contributed by atoms with Gasteiger partial charge in [-0.2, -0.15) is 17.5 Å². The zero-order valence-electron chi connectivity index (χ0n) is 19.8. The highest BCUT2D eigenvalue weighted by molar-refractivity contribution is 7.89. The van der Waals surface area contributed by atoms with Gasteiger partial charge in [-0.25, -0.2) is 35.9 Å². The lowest BCUT2D eigenvalue weighted by atomic mass is 10.1. The van der Waals surface area contributed by atoms with E-state index in [1.54, 1.807) is 0 Å². The first-order valence-corrected chi connectivity index (χ1v) is 12.6. The minimum Gasteiger partial charge on any atom is -0.349 e. The minimum absolute atomic E-state index is 0.0255. The van der Waals surface area contributed by atoms with E-state index in [2.05, 4.69) is 20.3 Å². The summed E-state index contributed by atoms with van der Waals surface area (Å²) in [5, 5.41) is 2.37. The number of rotatable bonds is 6. The predicted octanol–water partition coefficient (Wildman–Crippen LogP) is 3.78. The van der Waals surface area contributed by atoms with Crippen LogP contribution in [-0.4, -0.2) is 51.8 Å². The van der Waals surface area contributed by atoms with Crippen LogP contribution in [0.5, 0.6) is 0 Å². The SMILES string of the molecule is C[C@H]1[C@H](F)C[C@@H](C(=O)NCc2cc(-c3cnc(C(F)(F)F)nc3)c(F)cn2)N1S(=O)(=O)c1ccc(F)c(F)c1. The maximum absolute atomic E-state index is 14.6. The number of nitrogens with one attached hydrogen (secondary N) is 1. The van der Waals surface area contributed by atoms with Crippen molar-refractivity contribution in [1.82, 2.24) is 24.6 Å². The molecule has 1 aliphatic heterocycles. The summed E-state index contributed by atoms with van der Waals surface area (Å²) in [6, 6.07) is 0.0465. The van der Waals surface area contributed by atoms with Gasteiger partial charge in [-0.15, -0.1) is 0 Å². The summed E-state index contributed by atoms with van der Waals surface area (Å²) in [5.74, 6) is -6.03. The topological polar surface area (TPSA) is 105 Å². The van der Waals surface area contributed by atoms with Crippen LogP contribution in [-0.2, 0) is 27.5 Å². The Morgan fingerprint density at radius 1 is 1.03 bits per heavy atom. The summed E-state index contributed by atoms with van der Waals surface area (Å²) < 4.78 is 121. The normalized spacial score (nSPS) is 20.3. The molecule has 2 aromatic heterocycles. The van der Waals surface area contributed by atoms with Gasteiger partial charge in [0.05, 0.1) is 29.4 Å². The molecule has 0 spiro atoms. The molecule has 16 heteroatoms. The third-order valence-corrected chi connectivity index (χ3v) is 8.01. The number of nitrogens with zero attached hydrogens (tertiary/aromatic N) is 4. The quantitative estimate of drug-likeness (QED) is 0.448. The van der Waals surface area contributed by atoms with Crippen molar-refractivity contribution in [1.29, 1.82) is 0 Å². The monoisotopic (exact) mass is 577 g/mol. The third kappa shape index (κ3) is 5.71. The smallest absolute Gasteiger partial charge is 0.349 e. The molecule has 1 amide bonds. The fraction of sp³-hybridized carbons (Fsp3) is 0.304. The standard InChI is InChI=1S/C23H18F7N5O3S/c1-11-17(25)6-20(35(11)39(37,38)14-2-3-16(24)18(26)5-14)21(36)32-9-13-4-15(19(27)10-31-13)12-7-33-22(34-8-12)23(28,29)30/h2-5,7-8,10-11,17,20H,6,9H2,1H3,(H,32,36)/t11-,17+,20-/m0/s1. The predicted molar refractivity (Wildman–Crippen MR) is 120 cm³/mol. The highest BCUT2D eigenvalue weighted by Crippen LogP contribution is 2.34. The fourth-order valence-electron chi connectivity index (χ4n) is 4.03. The number of benzene rings is 1. The van der Waals surface area contributed by atoms with Crippen molar-refractivity contribution in [3.05, 3.63) is 71.8 Å². The van der Waals surface area contributed by atoms with E-state index in [0.717, 1.165) is 30.7 Å². The molecule has 8 nitrogen and oxygen atoms in total. The van der Waals surface area contributed by atoms with E-state index in [1.807, 2.05) is 0 Å². The Labute approximate surface area is 217 Å². The highest BCUT2D eigenvalue weighted by Gasteiger charge is 2.49. The lowest BCUT2D eigenvalue weighted by Gasteiger charge is -2.27. The number of pyridine rings is 1. The Balaban J connectivity index is 1.54. The van der Waals surface area contributed by atoms with Crippen LogP contribution in [0.2, 0.25) is 0 Å². The Hall–Kier alpha value is -3.66. The van der Waals surface area contributed by atoms with E-state index in [1.165, 1.54) is 6.92 Å². The van der Waals surface area contributed by atoms with E-state index in [4.69, 9.17) is 0 Å². The number of halogens is 7. The van der Waals surface area contributed by atoms with Crippen molar-refractivity contribution in [2.45, 2.75) is 49.2 Å². The van der Waals surface area contributed by atoms with Crippen molar-refractivity contribution in [3.63, 3.8) is 0 Å². The van der Waals surface area contributed by atoms with Crippen molar-refractivity contribution >= 4 is 15.9 Å². The molecule has 0 unspecified atom stereocenters. The fourth-order valence-corrected chi connectivity index (χ4v) is 5.86. The molecular formula is C23H18F7N5O3S. The second-order valence-electron chi connectivity index (χ2n) is 8.59. The van der Waals surface area contributed by atoms with Gasteiger partial charge in [0.25, 0.3) is 0 Å². The minimum atomic E-state index is -4.80. The first-order chi connectivity index (χ1) is 18.2. The van der Waals surface area contributed by atoms with E-state index in [-0.39, 0.29) is 16.8 Å². The second-order valence-corrected chi connectivity index (χ2v) is 10.4. The first kappa shape index (κ1) is 28.4. The zero-order chi connectivity index (χ0) is 28.7. The number of alkyl halides is 4. The van der Waals surface area contributed by atoms with Gasteiger partial charge in [-0.05, 0) is 31.2 Å². The summed E-state index contributed by atoms with van der Waals surface area (Å²) in [7, 11) is -4.63. The van der Waals surface area contributed by atoms with Crippen LogP contribution in [0.1, 0.15) is 24.9 Å². The van der Waals surface area contributed by atoms with Crippen LogP contribution >= 0.6 is 0 Å². The lowest BCUT2D eigenvalue weighted by molar-refractivity contribution is -0.145. The van der Waals surface area contributed by atoms with Crippen LogP contribution in [0, 0.1) is 17.5 Å². The van der Waals surface area contributed by atoms with Crippen LogP contribution < -0.4 is 5.32 Å². The molecule has 3 atom stereocenters. The zero-order valence-corrected chi connectivity index (χ0v) is 20.6. The van der Waals surface area contributed by atoms with E-state index >= 15 is 0 Å². The Morgan fingerprint density at radius 2 is 1.69 bits per heavy atom. The van der Waals surface area contributed by atoms with E-state index in [0.29, 0.717) is 16.4 Å². The molecule has 0 saturated carbocycles. The molecule has 3 heterocycles. The van der Waals surface area contributed by atoms with E-state index < -0.39 is 81.5 Å². The molecule has 0 radical (unpaired) electrons. The lowest BCUT2D eigenvalue weighted by Crippen LogP contribution is -2.48. The maximum atomic E-state index is 14.6. The number of aromatic nitrogens is 3. The summed E-state index contributed by atoms with van der Waals surface area (Å²) in [6.07, 6.45) is -4.80. The molecule has 3 aromatic rings. The molecule has 208 valence electrons. The molecule has 0 bridgehead atoms. The average molecular weight is 577 g/mol. The van der Waals surface area contributed by atoms with Crippen molar-refractivity contribution in [3.8, 4) is 11.1 Å². The van der Waals surface area contributed by atoms with Gasteiger partial charge in [0.1, 0.15) is 18.0 Å². The van der Waals surface area contributed by atoms with E-state index in [9.17, 15) is 43.9 Å². The second kappa shape index (κ2) is 10.5. The molecule has 39 heavy (non-hydrogen) atoms.